The molecule has 0 aliphatic carbocycles. The number of nitrogens with zero attached hydrogens (tertiary/aromatic N) is 2. The lowest BCUT2D eigenvalue weighted by Gasteiger charge is -2.12. The molecule has 1 aliphatic heterocycles. The number of H-pyrrole nitrogens is 1. The smallest absolute Gasteiger partial charge is 0.222 e. The van der Waals surface area contributed by atoms with E-state index in [9.17, 15) is 4.79 Å². The number of carbonyl (C=O) groups is 1. The summed E-state index contributed by atoms with van der Waals surface area (Å²) < 4.78 is 2.47. The summed E-state index contributed by atoms with van der Waals surface area (Å²) in [5.74, 6) is 0.837. The van der Waals surface area contributed by atoms with Crippen molar-refractivity contribution in [3.8, 4) is 11.4 Å². The van der Waals surface area contributed by atoms with Crippen LogP contribution in [-0.4, -0.2) is 27.2 Å². The Kier molecular flexibility index (Phi) is 2.71. The Morgan fingerprint density at radius 2 is 2.11 bits per heavy atom. The van der Waals surface area contributed by atoms with Crippen molar-refractivity contribution in [3.63, 3.8) is 0 Å². The van der Waals surface area contributed by atoms with Gasteiger partial charge in [-0.1, -0.05) is 30.3 Å². The summed E-state index contributed by atoms with van der Waals surface area (Å²) in [7, 11) is 0. The molecule has 2 heterocycles. The van der Waals surface area contributed by atoms with Crippen LogP contribution in [0.15, 0.2) is 30.3 Å². The summed E-state index contributed by atoms with van der Waals surface area (Å²) in [5, 5.41) is 9.88. The molecule has 5 nitrogen and oxygen atoms in total. The van der Waals surface area contributed by atoms with Crippen molar-refractivity contribution in [2.24, 2.45) is 0 Å². The zero-order valence-electron chi connectivity index (χ0n) is 9.59. The molecule has 1 unspecified atom stereocenters. The highest BCUT2D eigenvalue weighted by atomic mass is 32.1. The van der Waals surface area contributed by atoms with E-state index in [0.717, 1.165) is 11.4 Å². The molecular formula is C12H12N4OS. The number of aromatic amines is 1. The van der Waals surface area contributed by atoms with Crippen molar-refractivity contribution in [3.05, 3.63) is 35.1 Å². The minimum atomic E-state index is 0.0407. The van der Waals surface area contributed by atoms with Gasteiger partial charge in [0.1, 0.15) is 0 Å². The molecule has 0 bridgehead atoms. The lowest BCUT2D eigenvalue weighted by Crippen LogP contribution is -2.16. The van der Waals surface area contributed by atoms with E-state index in [0.29, 0.717) is 17.7 Å². The Labute approximate surface area is 109 Å². The molecule has 2 aromatic rings. The first-order chi connectivity index (χ1) is 8.75. The average molecular weight is 260 g/mol. The molecule has 3 rings (SSSR count). The maximum atomic E-state index is 11.3. The van der Waals surface area contributed by atoms with Gasteiger partial charge in [-0.25, -0.2) is 0 Å². The first kappa shape index (κ1) is 11.2. The van der Waals surface area contributed by atoms with Crippen LogP contribution >= 0.6 is 12.2 Å². The van der Waals surface area contributed by atoms with E-state index < -0.39 is 0 Å². The monoisotopic (exact) mass is 260 g/mol. The number of hydrogen-bond acceptors (Lipinski definition) is 3. The van der Waals surface area contributed by atoms with E-state index in [1.165, 1.54) is 0 Å². The van der Waals surface area contributed by atoms with Crippen molar-refractivity contribution in [2.75, 3.05) is 6.54 Å². The molecule has 2 N–H and O–H groups in total. The number of carbonyl (C=O) groups excluding carboxylic acids is 1. The zero-order chi connectivity index (χ0) is 12.5. The van der Waals surface area contributed by atoms with Gasteiger partial charge in [0.05, 0.1) is 6.04 Å². The molecular weight excluding hydrogens is 248 g/mol. The first-order valence-corrected chi connectivity index (χ1v) is 6.15. The number of amides is 1. The third kappa shape index (κ3) is 1.84. The Hall–Kier alpha value is -1.95. The molecule has 92 valence electrons. The Morgan fingerprint density at radius 1 is 1.33 bits per heavy atom. The summed E-state index contributed by atoms with van der Waals surface area (Å²) >= 11 is 5.25. The predicted octanol–water partition coefficient (Wildman–Crippen LogP) is 1.67. The van der Waals surface area contributed by atoms with Crippen molar-refractivity contribution >= 4 is 18.1 Å². The largest absolute Gasteiger partial charge is 0.354 e. The highest BCUT2D eigenvalue weighted by molar-refractivity contribution is 7.71. The van der Waals surface area contributed by atoms with E-state index in [-0.39, 0.29) is 11.9 Å². The van der Waals surface area contributed by atoms with Crippen LogP contribution in [0, 0.1) is 4.77 Å². The molecule has 1 fully saturated rings. The van der Waals surface area contributed by atoms with Crippen LogP contribution in [0.25, 0.3) is 11.4 Å². The predicted molar refractivity (Wildman–Crippen MR) is 69.5 cm³/mol. The average Bonchev–Trinajstić information content (AvgIpc) is 2.96. The minimum Gasteiger partial charge on any atom is -0.354 e. The van der Waals surface area contributed by atoms with Crippen LogP contribution in [0.2, 0.25) is 0 Å². The molecule has 1 saturated heterocycles. The summed E-state index contributed by atoms with van der Waals surface area (Å²) in [6.07, 6.45) is 0.452. The van der Waals surface area contributed by atoms with E-state index >= 15 is 0 Å². The fraction of sp³-hybridized carbons (Fsp3) is 0.250. The number of nitrogens with one attached hydrogen (secondary N) is 2. The second-order valence-corrected chi connectivity index (χ2v) is 4.64. The molecule has 6 heteroatoms. The van der Waals surface area contributed by atoms with Gasteiger partial charge in [-0.15, -0.1) is 0 Å². The molecule has 1 aliphatic rings. The second-order valence-electron chi connectivity index (χ2n) is 4.25. The molecule has 18 heavy (non-hydrogen) atoms. The maximum absolute atomic E-state index is 11.3. The van der Waals surface area contributed by atoms with Gasteiger partial charge in [0.25, 0.3) is 0 Å². The van der Waals surface area contributed by atoms with Crippen LogP contribution in [0.4, 0.5) is 0 Å². The number of hydrogen-bond donors (Lipinski definition) is 2. The SMILES string of the molecule is O=C1CC(n2c(-c3ccccc3)n[nH]c2=S)CN1. The summed E-state index contributed by atoms with van der Waals surface area (Å²) in [6.45, 7) is 0.604. The lowest BCUT2D eigenvalue weighted by atomic mass is 10.2. The number of rotatable bonds is 2. The zero-order valence-corrected chi connectivity index (χ0v) is 10.4. The Bertz CT molecular complexity index is 631. The van der Waals surface area contributed by atoms with Crippen LogP contribution in [0.5, 0.6) is 0 Å². The summed E-state index contributed by atoms with van der Waals surface area (Å²) in [4.78, 5) is 11.3. The van der Waals surface area contributed by atoms with Gasteiger partial charge >= 0.3 is 0 Å². The highest BCUT2D eigenvalue weighted by Crippen LogP contribution is 2.24. The van der Waals surface area contributed by atoms with E-state index in [2.05, 4.69) is 15.5 Å². The van der Waals surface area contributed by atoms with Crippen molar-refractivity contribution in [2.45, 2.75) is 12.5 Å². The topological polar surface area (TPSA) is 62.7 Å². The maximum Gasteiger partial charge on any atom is 0.222 e. The van der Waals surface area contributed by atoms with E-state index in [4.69, 9.17) is 12.2 Å². The second kappa shape index (κ2) is 4.38. The van der Waals surface area contributed by atoms with Crippen LogP contribution < -0.4 is 5.32 Å². The standard InChI is InChI=1S/C12H12N4OS/c17-10-6-9(7-13-10)16-11(14-15-12(16)18)8-4-2-1-3-5-8/h1-5,9H,6-7H2,(H,13,17)(H,15,18). The van der Waals surface area contributed by atoms with Crippen molar-refractivity contribution < 1.29 is 4.79 Å². The van der Waals surface area contributed by atoms with Gasteiger partial charge in [-0.3, -0.25) is 14.5 Å². The molecule has 0 spiro atoms. The Balaban J connectivity index is 2.07. The fourth-order valence-corrected chi connectivity index (χ4v) is 2.49. The van der Waals surface area contributed by atoms with Crippen LogP contribution in [-0.2, 0) is 4.79 Å². The van der Waals surface area contributed by atoms with Gasteiger partial charge in [0, 0.05) is 18.5 Å². The lowest BCUT2D eigenvalue weighted by molar-refractivity contribution is -0.119. The third-order valence-corrected chi connectivity index (χ3v) is 3.35. The minimum absolute atomic E-state index is 0.0407. The quantitative estimate of drug-likeness (QED) is 0.807. The first-order valence-electron chi connectivity index (χ1n) is 5.75. The number of benzene rings is 1. The third-order valence-electron chi connectivity index (χ3n) is 3.06. The number of aromatic nitrogens is 3. The molecule has 1 aromatic heterocycles. The van der Waals surface area contributed by atoms with Crippen LogP contribution in [0.1, 0.15) is 12.5 Å². The van der Waals surface area contributed by atoms with Crippen molar-refractivity contribution in [1.82, 2.24) is 20.1 Å². The summed E-state index contributed by atoms with van der Waals surface area (Å²) in [5.41, 5.74) is 0.990. The molecule has 0 radical (unpaired) electrons. The van der Waals surface area contributed by atoms with Gasteiger partial charge in [-0.2, -0.15) is 5.10 Å². The van der Waals surface area contributed by atoms with Gasteiger partial charge in [-0.05, 0) is 12.2 Å². The van der Waals surface area contributed by atoms with Gasteiger partial charge in [0.2, 0.25) is 5.91 Å². The molecule has 1 aromatic carbocycles. The van der Waals surface area contributed by atoms with Gasteiger partial charge in [0.15, 0.2) is 10.6 Å². The van der Waals surface area contributed by atoms with E-state index in [1.54, 1.807) is 0 Å². The van der Waals surface area contributed by atoms with E-state index in [1.807, 2.05) is 34.9 Å². The molecule has 1 atom stereocenters. The van der Waals surface area contributed by atoms with Crippen molar-refractivity contribution in [1.29, 1.82) is 0 Å². The molecule has 0 saturated carbocycles. The Morgan fingerprint density at radius 3 is 2.78 bits per heavy atom. The fourth-order valence-electron chi connectivity index (χ4n) is 2.21. The van der Waals surface area contributed by atoms with Gasteiger partial charge < -0.3 is 5.32 Å². The normalized spacial score (nSPS) is 18.9. The summed E-state index contributed by atoms with van der Waals surface area (Å²) in [6, 6.07) is 9.86. The highest BCUT2D eigenvalue weighted by Gasteiger charge is 2.26. The van der Waals surface area contributed by atoms with Crippen LogP contribution in [0.3, 0.4) is 0 Å². The molecule has 1 amide bonds.